The molecule has 2 N–H and O–H groups in total. The van der Waals surface area contributed by atoms with Crippen LogP contribution in [-0.2, 0) is 11.2 Å². The molecular weight excluding hydrogens is 248 g/mol. The Morgan fingerprint density at radius 3 is 2.61 bits per heavy atom. The number of aromatic nitrogens is 1. The average Bonchev–Trinajstić information content (AvgIpc) is 2.71. The van der Waals surface area contributed by atoms with Crippen LogP contribution in [0.4, 0.5) is 0 Å². The highest BCUT2D eigenvalue weighted by Gasteiger charge is 2.21. The highest BCUT2D eigenvalue weighted by atomic mass is 32.1. The third-order valence-corrected chi connectivity index (χ3v) is 3.86. The lowest BCUT2D eigenvalue weighted by Gasteiger charge is -2.04. The van der Waals surface area contributed by atoms with E-state index >= 15 is 0 Å². The van der Waals surface area contributed by atoms with E-state index in [2.05, 4.69) is 18.8 Å². The molecule has 0 bridgehead atoms. The van der Waals surface area contributed by atoms with E-state index in [1.165, 1.54) is 11.3 Å². The molecule has 0 spiro atoms. The number of carbonyl (C=O) groups is 1. The van der Waals surface area contributed by atoms with Crippen LogP contribution in [0.25, 0.3) is 0 Å². The van der Waals surface area contributed by atoms with Crippen LogP contribution < -0.4 is 5.73 Å². The molecule has 0 aliphatic heterocycles. The van der Waals surface area contributed by atoms with Crippen molar-refractivity contribution < 1.29 is 9.53 Å². The van der Waals surface area contributed by atoms with E-state index in [1.54, 1.807) is 0 Å². The Balaban J connectivity index is 3.04. The van der Waals surface area contributed by atoms with Crippen molar-refractivity contribution in [3.05, 3.63) is 15.6 Å². The number of hydrogen-bond donors (Lipinski definition) is 1. The van der Waals surface area contributed by atoms with Crippen molar-refractivity contribution in [1.82, 2.24) is 4.98 Å². The molecule has 0 radical (unpaired) electrons. The summed E-state index contributed by atoms with van der Waals surface area (Å²) in [6, 6.07) is 0. The van der Waals surface area contributed by atoms with E-state index in [-0.39, 0.29) is 11.9 Å². The van der Waals surface area contributed by atoms with E-state index in [0.717, 1.165) is 17.1 Å². The molecule has 0 aliphatic rings. The molecule has 1 unspecified atom stereocenters. The molecule has 1 rings (SSSR count). The number of nitrogens with zero attached hydrogens (tertiary/aromatic N) is 1. The van der Waals surface area contributed by atoms with Crippen LogP contribution in [0.3, 0.4) is 0 Å². The van der Waals surface area contributed by atoms with Crippen molar-refractivity contribution >= 4 is 17.3 Å². The van der Waals surface area contributed by atoms with Crippen LogP contribution in [0, 0.1) is 5.92 Å². The van der Waals surface area contributed by atoms with Gasteiger partial charge in [-0.25, -0.2) is 9.78 Å². The van der Waals surface area contributed by atoms with Gasteiger partial charge in [-0.3, -0.25) is 0 Å². The second kappa shape index (κ2) is 6.85. The molecule has 0 saturated carbocycles. The highest BCUT2D eigenvalue weighted by Crippen LogP contribution is 2.27. The van der Waals surface area contributed by atoms with Crippen molar-refractivity contribution in [2.45, 2.75) is 40.0 Å². The lowest BCUT2D eigenvalue weighted by Crippen LogP contribution is -2.09. The molecule has 0 fully saturated rings. The molecule has 1 aromatic rings. The SMILES string of the molecule is CCOC(=O)c1sc(C(C)CN)nc1CC(C)C. The summed E-state index contributed by atoms with van der Waals surface area (Å²) in [6.07, 6.45) is 0.794. The van der Waals surface area contributed by atoms with Gasteiger partial charge in [-0.15, -0.1) is 11.3 Å². The fourth-order valence-corrected chi connectivity index (χ4v) is 2.61. The molecule has 1 aromatic heterocycles. The first kappa shape index (κ1) is 15.1. The van der Waals surface area contributed by atoms with E-state index in [1.807, 2.05) is 13.8 Å². The third-order valence-electron chi connectivity index (χ3n) is 2.55. The summed E-state index contributed by atoms with van der Waals surface area (Å²) in [4.78, 5) is 17.1. The Hall–Kier alpha value is -0.940. The summed E-state index contributed by atoms with van der Waals surface area (Å²) in [5, 5.41) is 0.927. The van der Waals surface area contributed by atoms with Gasteiger partial charge in [0, 0.05) is 12.5 Å². The van der Waals surface area contributed by atoms with Crippen LogP contribution in [0.15, 0.2) is 0 Å². The number of hydrogen-bond acceptors (Lipinski definition) is 5. The topological polar surface area (TPSA) is 65.2 Å². The second-order valence-corrected chi connectivity index (χ2v) is 5.81. The zero-order chi connectivity index (χ0) is 13.7. The molecule has 0 aliphatic carbocycles. The number of rotatable bonds is 6. The predicted octanol–water partition coefficient (Wildman–Crippen LogP) is 2.58. The Bertz CT molecular complexity index is 402. The molecule has 1 atom stereocenters. The molecule has 0 saturated heterocycles. The van der Waals surface area contributed by atoms with E-state index in [4.69, 9.17) is 10.5 Å². The van der Waals surface area contributed by atoms with Crippen LogP contribution >= 0.6 is 11.3 Å². The van der Waals surface area contributed by atoms with Crippen molar-refractivity contribution in [2.75, 3.05) is 13.2 Å². The number of esters is 1. The van der Waals surface area contributed by atoms with Crippen LogP contribution in [-0.4, -0.2) is 24.1 Å². The molecule has 0 amide bonds. The predicted molar refractivity (Wildman–Crippen MR) is 74.1 cm³/mol. The summed E-state index contributed by atoms with van der Waals surface area (Å²) in [6.45, 7) is 8.98. The van der Waals surface area contributed by atoms with Gasteiger partial charge in [0.15, 0.2) is 0 Å². The Labute approximate surface area is 113 Å². The fourth-order valence-electron chi connectivity index (χ4n) is 1.56. The first-order chi connectivity index (χ1) is 8.49. The van der Waals surface area contributed by atoms with Crippen LogP contribution in [0.5, 0.6) is 0 Å². The molecule has 102 valence electrons. The summed E-state index contributed by atoms with van der Waals surface area (Å²) >= 11 is 1.42. The van der Waals surface area contributed by atoms with E-state index < -0.39 is 0 Å². The largest absolute Gasteiger partial charge is 0.462 e. The zero-order valence-corrected chi connectivity index (χ0v) is 12.3. The summed E-state index contributed by atoms with van der Waals surface area (Å²) in [7, 11) is 0. The van der Waals surface area contributed by atoms with Gasteiger partial charge in [0.05, 0.1) is 17.3 Å². The third kappa shape index (κ3) is 3.78. The van der Waals surface area contributed by atoms with Gasteiger partial charge in [0.25, 0.3) is 0 Å². The maximum absolute atomic E-state index is 11.9. The van der Waals surface area contributed by atoms with Gasteiger partial charge in [-0.05, 0) is 19.3 Å². The number of ether oxygens (including phenoxy) is 1. The number of carbonyl (C=O) groups excluding carboxylic acids is 1. The minimum atomic E-state index is -0.263. The first-order valence-electron chi connectivity index (χ1n) is 6.36. The number of thiazole rings is 1. The van der Waals surface area contributed by atoms with Gasteiger partial charge in [-0.1, -0.05) is 20.8 Å². The lowest BCUT2D eigenvalue weighted by atomic mass is 10.1. The van der Waals surface area contributed by atoms with Crippen molar-refractivity contribution in [1.29, 1.82) is 0 Å². The Morgan fingerprint density at radius 2 is 2.11 bits per heavy atom. The van der Waals surface area contributed by atoms with Crippen LogP contribution in [0.2, 0.25) is 0 Å². The molecule has 0 aromatic carbocycles. The van der Waals surface area contributed by atoms with E-state index in [9.17, 15) is 4.79 Å². The Kier molecular flexibility index (Phi) is 5.75. The summed E-state index contributed by atoms with van der Waals surface area (Å²) < 4.78 is 5.08. The standard InChI is InChI=1S/C13H22N2O2S/c1-5-17-13(16)11-10(6-8(2)3)15-12(18-11)9(4)7-14/h8-9H,5-7,14H2,1-4H3. The first-order valence-corrected chi connectivity index (χ1v) is 7.18. The van der Waals surface area contributed by atoms with Crippen molar-refractivity contribution in [3.63, 3.8) is 0 Å². The zero-order valence-electron chi connectivity index (χ0n) is 11.5. The maximum Gasteiger partial charge on any atom is 0.350 e. The van der Waals surface area contributed by atoms with Crippen molar-refractivity contribution in [3.8, 4) is 0 Å². The van der Waals surface area contributed by atoms with Gasteiger partial charge in [0.1, 0.15) is 4.88 Å². The quantitative estimate of drug-likeness (QED) is 0.807. The molecule has 18 heavy (non-hydrogen) atoms. The van der Waals surface area contributed by atoms with Gasteiger partial charge < -0.3 is 10.5 Å². The monoisotopic (exact) mass is 270 g/mol. The lowest BCUT2D eigenvalue weighted by molar-refractivity contribution is 0.0530. The Morgan fingerprint density at radius 1 is 1.44 bits per heavy atom. The maximum atomic E-state index is 11.9. The smallest absolute Gasteiger partial charge is 0.350 e. The molecular formula is C13H22N2O2S. The molecule has 1 heterocycles. The number of nitrogens with two attached hydrogens (primary N) is 1. The van der Waals surface area contributed by atoms with Gasteiger partial charge in [0.2, 0.25) is 0 Å². The van der Waals surface area contributed by atoms with Crippen LogP contribution in [0.1, 0.15) is 54.0 Å². The minimum absolute atomic E-state index is 0.184. The highest BCUT2D eigenvalue weighted by molar-refractivity contribution is 7.13. The average molecular weight is 270 g/mol. The van der Waals surface area contributed by atoms with Crippen molar-refractivity contribution in [2.24, 2.45) is 11.7 Å². The van der Waals surface area contributed by atoms with Gasteiger partial charge in [-0.2, -0.15) is 0 Å². The second-order valence-electron chi connectivity index (χ2n) is 4.78. The minimum Gasteiger partial charge on any atom is -0.462 e. The van der Waals surface area contributed by atoms with E-state index in [0.29, 0.717) is 23.9 Å². The molecule has 5 heteroatoms. The normalized spacial score (nSPS) is 12.8. The summed E-state index contributed by atoms with van der Waals surface area (Å²) in [5.41, 5.74) is 6.50. The fraction of sp³-hybridized carbons (Fsp3) is 0.692. The van der Waals surface area contributed by atoms with Gasteiger partial charge >= 0.3 is 5.97 Å². The summed E-state index contributed by atoms with van der Waals surface area (Å²) in [5.74, 6) is 0.381. The molecule has 4 nitrogen and oxygen atoms in total.